The van der Waals surface area contributed by atoms with Crippen molar-refractivity contribution in [3.63, 3.8) is 0 Å². The molecule has 3 aromatic carbocycles. The molecule has 0 aliphatic heterocycles. The SMILES string of the molecule is CC[N+](CC)(CC)c1ccccc1.CC[N+](CC)(CC)c1ccccc1.O=C([O-])c1cccc(C(=O)[O-])c1. The molecule has 0 aliphatic carbocycles. The molecule has 206 valence electrons. The molecule has 0 fully saturated rings. The Bertz CT molecular complexity index is 991. The monoisotopic (exact) mass is 520 g/mol. The number of carbonyl (C=O) groups is 2. The fourth-order valence-electron chi connectivity index (χ4n) is 4.70. The van der Waals surface area contributed by atoms with Crippen LogP contribution < -0.4 is 19.2 Å². The predicted molar refractivity (Wildman–Crippen MR) is 155 cm³/mol. The zero-order chi connectivity index (χ0) is 28.6. The van der Waals surface area contributed by atoms with Gasteiger partial charge in [-0.2, -0.15) is 0 Å². The third-order valence-corrected chi connectivity index (χ3v) is 7.57. The molecule has 0 aliphatic rings. The minimum absolute atomic E-state index is 0.170. The summed E-state index contributed by atoms with van der Waals surface area (Å²) in [7, 11) is 0. The molecule has 3 aromatic rings. The third kappa shape index (κ3) is 8.82. The lowest BCUT2D eigenvalue weighted by atomic mass is 10.1. The van der Waals surface area contributed by atoms with Gasteiger partial charge in [0.05, 0.1) is 51.2 Å². The van der Waals surface area contributed by atoms with Crippen molar-refractivity contribution in [2.24, 2.45) is 0 Å². The highest BCUT2D eigenvalue weighted by atomic mass is 16.4. The quantitative estimate of drug-likeness (QED) is 0.368. The summed E-state index contributed by atoms with van der Waals surface area (Å²) < 4.78 is 2.20. The summed E-state index contributed by atoms with van der Waals surface area (Å²) in [5.41, 5.74) is 2.54. The van der Waals surface area contributed by atoms with E-state index in [1.54, 1.807) is 0 Å². The normalized spacial score (nSPS) is 10.9. The molecule has 0 unspecified atom stereocenters. The van der Waals surface area contributed by atoms with Crippen LogP contribution in [-0.2, 0) is 0 Å². The number of rotatable bonds is 10. The first-order valence-electron chi connectivity index (χ1n) is 13.5. The topological polar surface area (TPSA) is 80.3 Å². The summed E-state index contributed by atoms with van der Waals surface area (Å²) >= 11 is 0. The minimum atomic E-state index is -1.40. The van der Waals surface area contributed by atoms with Crippen molar-refractivity contribution in [2.75, 3.05) is 39.3 Å². The van der Waals surface area contributed by atoms with Crippen molar-refractivity contribution in [1.29, 1.82) is 0 Å². The second-order valence-electron chi connectivity index (χ2n) is 9.01. The van der Waals surface area contributed by atoms with E-state index in [2.05, 4.69) is 102 Å². The number of benzene rings is 3. The smallest absolute Gasteiger partial charge is 0.132 e. The highest BCUT2D eigenvalue weighted by Crippen LogP contribution is 2.22. The van der Waals surface area contributed by atoms with Crippen LogP contribution >= 0.6 is 0 Å². The van der Waals surface area contributed by atoms with E-state index in [1.165, 1.54) is 68.8 Å². The second kappa shape index (κ2) is 16.4. The molecule has 0 N–H and O–H groups in total. The molecule has 0 spiro atoms. The zero-order valence-electron chi connectivity index (χ0n) is 23.9. The van der Waals surface area contributed by atoms with Crippen molar-refractivity contribution in [3.8, 4) is 0 Å². The Morgan fingerprint density at radius 3 is 1.03 bits per heavy atom. The fraction of sp³-hybridized carbons (Fsp3) is 0.375. The van der Waals surface area contributed by atoms with E-state index in [9.17, 15) is 19.8 Å². The number of carboxylic acids is 2. The summed E-state index contributed by atoms with van der Waals surface area (Å²) in [6.07, 6.45) is 0. The van der Waals surface area contributed by atoms with Crippen LogP contribution in [-0.4, -0.2) is 51.2 Å². The Morgan fingerprint density at radius 1 is 0.500 bits per heavy atom. The van der Waals surface area contributed by atoms with Gasteiger partial charge in [-0.15, -0.1) is 0 Å². The van der Waals surface area contributed by atoms with Crippen molar-refractivity contribution in [2.45, 2.75) is 41.5 Å². The van der Waals surface area contributed by atoms with Gasteiger partial charge in [0, 0.05) is 0 Å². The Hall–Kier alpha value is -3.48. The van der Waals surface area contributed by atoms with Crippen LogP contribution in [0.25, 0.3) is 0 Å². The molecular weight excluding hydrogens is 476 g/mol. The lowest BCUT2D eigenvalue weighted by molar-refractivity contribution is -0.255. The Balaban J connectivity index is 0.000000285. The number of nitrogens with zero attached hydrogens (tertiary/aromatic N) is 2. The van der Waals surface area contributed by atoms with Gasteiger partial charge in [-0.1, -0.05) is 54.6 Å². The van der Waals surface area contributed by atoms with Crippen molar-refractivity contribution in [3.05, 3.63) is 96.1 Å². The van der Waals surface area contributed by atoms with E-state index in [0.29, 0.717) is 0 Å². The molecule has 0 saturated carbocycles. The Kier molecular flexibility index (Phi) is 14.0. The first-order valence-corrected chi connectivity index (χ1v) is 13.5. The lowest BCUT2D eigenvalue weighted by Crippen LogP contribution is -2.48. The largest absolute Gasteiger partial charge is 0.545 e. The minimum Gasteiger partial charge on any atom is -0.545 e. The van der Waals surface area contributed by atoms with Gasteiger partial charge in [-0.25, -0.2) is 0 Å². The van der Waals surface area contributed by atoms with E-state index >= 15 is 0 Å². The van der Waals surface area contributed by atoms with Crippen LogP contribution in [0.4, 0.5) is 11.4 Å². The van der Waals surface area contributed by atoms with E-state index in [1.807, 2.05) is 0 Å². The molecule has 0 heterocycles. The molecule has 0 radical (unpaired) electrons. The summed E-state index contributed by atoms with van der Waals surface area (Å²) in [6, 6.07) is 26.4. The molecule has 0 aromatic heterocycles. The molecular formula is C32H44N2O4. The molecule has 6 heteroatoms. The van der Waals surface area contributed by atoms with Gasteiger partial charge in [0.25, 0.3) is 0 Å². The Morgan fingerprint density at radius 2 is 0.789 bits per heavy atom. The second-order valence-corrected chi connectivity index (χ2v) is 9.01. The van der Waals surface area contributed by atoms with Crippen LogP contribution in [0.2, 0.25) is 0 Å². The van der Waals surface area contributed by atoms with E-state index in [0.717, 1.165) is 15.0 Å². The molecule has 3 rings (SSSR count). The van der Waals surface area contributed by atoms with Gasteiger partial charge < -0.3 is 19.8 Å². The molecule has 0 atom stereocenters. The van der Waals surface area contributed by atoms with Crippen LogP contribution in [0, 0.1) is 0 Å². The number of carboxylic acid groups (broad SMARTS) is 2. The van der Waals surface area contributed by atoms with Crippen LogP contribution in [0.1, 0.15) is 62.3 Å². The number of aromatic carboxylic acids is 2. The van der Waals surface area contributed by atoms with E-state index in [-0.39, 0.29) is 11.1 Å². The molecule has 0 bridgehead atoms. The molecule has 6 nitrogen and oxygen atoms in total. The van der Waals surface area contributed by atoms with E-state index < -0.39 is 11.9 Å². The first-order chi connectivity index (χ1) is 18.2. The Labute approximate surface area is 229 Å². The third-order valence-electron chi connectivity index (χ3n) is 7.57. The van der Waals surface area contributed by atoms with Gasteiger partial charge in [-0.3, -0.25) is 8.97 Å². The highest BCUT2D eigenvalue weighted by molar-refractivity contribution is 5.91. The summed E-state index contributed by atoms with van der Waals surface area (Å²) in [4.78, 5) is 20.5. The fourth-order valence-corrected chi connectivity index (χ4v) is 4.70. The van der Waals surface area contributed by atoms with Crippen molar-refractivity contribution >= 4 is 23.3 Å². The van der Waals surface area contributed by atoms with Crippen molar-refractivity contribution in [1.82, 2.24) is 8.97 Å². The maximum absolute atomic E-state index is 10.3. The number of quaternary nitrogens is 2. The average molecular weight is 521 g/mol. The van der Waals surface area contributed by atoms with E-state index in [4.69, 9.17) is 0 Å². The van der Waals surface area contributed by atoms with Gasteiger partial charge in [0.2, 0.25) is 0 Å². The number of hydrogen-bond donors (Lipinski definition) is 0. The van der Waals surface area contributed by atoms with Crippen molar-refractivity contribution < 1.29 is 19.8 Å². The van der Waals surface area contributed by atoms with Crippen LogP contribution in [0.3, 0.4) is 0 Å². The maximum Gasteiger partial charge on any atom is 0.132 e. The number of carbonyl (C=O) groups excluding carboxylic acids is 2. The molecule has 0 amide bonds. The molecule has 0 saturated heterocycles. The van der Waals surface area contributed by atoms with Gasteiger partial charge >= 0.3 is 0 Å². The van der Waals surface area contributed by atoms with Gasteiger partial charge in [0.1, 0.15) is 11.4 Å². The number of hydrogen-bond acceptors (Lipinski definition) is 4. The first kappa shape index (κ1) is 32.5. The molecule has 38 heavy (non-hydrogen) atoms. The zero-order valence-corrected chi connectivity index (χ0v) is 23.9. The summed E-state index contributed by atoms with van der Waals surface area (Å²) in [5.74, 6) is -2.81. The highest BCUT2D eigenvalue weighted by Gasteiger charge is 2.24. The predicted octanol–water partition coefficient (Wildman–Crippen LogP) is 4.52. The van der Waals surface area contributed by atoms with Crippen LogP contribution in [0.15, 0.2) is 84.9 Å². The number of para-hydroxylation sites is 2. The maximum atomic E-state index is 10.3. The van der Waals surface area contributed by atoms with Gasteiger partial charge in [-0.05, 0) is 83.0 Å². The lowest BCUT2D eigenvalue weighted by Gasteiger charge is -2.35. The van der Waals surface area contributed by atoms with Gasteiger partial charge in [0.15, 0.2) is 0 Å². The average Bonchev–Trinajstić information content (AvgIpc) is 2.97. The summed E-state index contributed by atoms with van der Waals surface area (Å²) in [5, 5.41) is 20.5. The van der Waals surface area contributed by atoms with Crippen LogP contribution in [0.5, 0.6) is 0 Å². The standard InChI is InChI=1S/2C12H20N.C8H6O4/c2*1-4-13(5-2,6-3)12-10-8-7-9-11-12;9-7(10)5-2-1-3-6(4-5)8(11)12/h2*7-11H,4-6H2,1-3H3;1-4H,(H,9,10)(H,11,12)/q2*+1;/p-2. The summed E-state index contributed by atoms with van der Waals surface area (Å²) in [6.45, 7) is 20.6.